The molecule has 0 radical (unpaired) electrons. The van der Waals surface area contributed by atoms with E-state index in [1.54, 1.807) is 12.1 Å². The number of thioether (sulfide) groups is 1. The number of benzene rings is 3. The molecule has 3 aromatic rings. The van der Waals surface area contributed by atoms with Crippen molar-refractivity contribution >= 4 is 11.8 Å². The van der Waals surface area contributed by atoms with E-state index in [1.165, 1.54) is 23.4 Å². The molecule has 1 saturated heterocycles. The zero-order valence-corrected chi connectivity index (χ0v) is 17.8. The van der Waals surface area contributed by atoms with Gasteiger partial charge in [0, 0.05) is 24.5 Å². The number of nitrogens with zero attached hydrogens (tertiary/aromatic N) is 1. The summed E-state index contributed by atoms with van der Waals surface area (Å²) in [7, 11) is 0. The summed E-state index contributed by atoms with van der Waals surface area (Å²) in [6.07, 6.45) is -4.61. The number of alkyl halides is 3. The van der Waals surface area contributed by atoms with Crippen molar-refractivity contribution in [2.24, 2.45) is 0 Å². The van der Waals surface area contributed by atoms with Gasteiger partial charge in [-0.1, -0.05) is 72.8 Å². The molecule has 2 nitrogen and oxygen atoms in total. The first kappa shape index (κ1) is 21.9. The third-order valence-corrected chi connectivity index (χ3v) is 6.78. The first-order valence-electron chi connectivity index (χ1n) is 10.3. The molecule has 1 heterocycles. The number of morpholine rings is 1. The predicted octanol–water partition coefficient (Wildman–Crippen LogP) is 6.44. The maximum absolute atomic E-state index is 13.6. The number of rotatable bonds is 6. The second-order valence-electron chi connectivity index (χ2n) is 7.57. The van der Waals surface area contributed by atoms with E-state index >= 15 is 0 Å². The van der Waals surface area contributed by atoms with Crippen molar-refractivity contribution in [1.29, 1.82) is 0 Å². The molecule has 2 atom stereocenters. The Hall–Kier alpha value is -2.28. The van der Waals surface area contributed by atoms with Crippen LogP contribution >= 0.6 is 11.8 Å². The van der Waals surface area contributed by atoms with Crippen molar-refractivity contribution < 1.29 is 17.9 Å². The summed E-state index contributed by atoms with van der Waals surface area (Å²) >= 11 is 1.24. The molecule has 1 aliphatic rings. The van der Waals surface area contributed by atoms with Crippen LogP contribution in [0.4, 0.5) is 13.2 Å². The van der Waals surface area contributed by atoms with E-state index in [4.69, 9.17) is 4.74 Å². The maximum Gasteiger partial charge on any atom is 0.417 e. The van der Waals surface area contributed by atoms with Crippen molar-refractivity contribution in [2.75, 3.05) is 19.7 Å². The van der Waals surface area contributed by atoms with E-state index in [1.807, 2.05) is 48.5 Å². The molecule has 1 fully saturated rings. The minimum absolute atomic E-state index is 0.217. The second-order valence-corrected chi connectivity index (χ2v) is 8.76. The van der Waals surface area contributed by atoms with Crippen molar-refractivity contribution in [3.8, 4) is 0 Å². The van der Waals surface area contributed by atoms with Gasteiger partial charge in [-0.05, 0) is 23.3 Å². The van der Waals surface area contributed by atoms with E-state index in [0.29, 0.717) is 13.2 Å². The number of halogens is 3. The van der Waals surface area contributed by atoms with Crippen molar-refractivity contribution in [3.05, 3.63) is 102 Å². The summed E-state index contributed by atoms with van der Waals surface area (Å²) in [5, 5.41) is -0.247. The summed E-state index contributed by atoms with van der Waals surface area (Å²) in [6.45, 7) is 2.82. The molecule has 1 unspecified atom stereocenters. The molecule has 0 aromatic heterocycles. The quantitative estimate of drug-likeness (QED) is 0.407. The summed E-state index contributed by atoms with van der Waals surface area (Å²) in [4.78, 5) is 2.54. The van der Waals surface area contributed by atoms with Crippen LogP contribution < -0.4 is 0 Å². The fourth-order valence-corrected chi connectivity index (χ4v) is 5.19. The maximum atomic E-state index is 13.6. The first-order valence-corrected chi connectivity index (χ1v) is 11.1. The van der Waals surface area contributed by atoms with Crippen molar-refractivity contribution in [3.63, 3.8) is 0 Å². The summed E-state index contributed by atoms with van der Waals surface area (Å²) < 4.78 is 46.9. The fraction of sp³-hybridized carbons (Fsp3) is 0.280. The largest absolute Gasteiger partial charge is 0.417 e. The van der Waals surface area contributed by atoms with Crippen LogP contribution in [-0.4, -0.2) is 30.7 Å². The number of hydrogen-bond donors (Lipinski definition) is 0. The summed E-state index contributed by atoms with van der Waals surface area (Å²) in [5.74, 6) is 0. The molecule has 1 aliphatic heterocycles. The highest BCUT2D eigenvalue weighted by Gasteiger charge is 2.36. The van der Waals surface area contributed by atoms with Crippen molar-refractivity contribution in [2.45, 2.75) is 29.0 Å². The SMILES string of the molecule is FC(F)(F)c1ccccc1SC(c1ccccc1)[C@H]1CN(Cc2ccccc2)CCO1. The summed E-state index contributed by atoms with van der Waals surface area (Å²) in [5.41, 5.74) is 1.59. The van der Waals surface area contributed by atoms with Crippen LogP contribution in [0.1, 0.15) is 21.9 Å². The van der Waals surface area contributed by atoms with E-state index in [0.717, 1.165) is 24.7 Å². The summed E-state index contributed by atoms with van der Waals surface area (Å²) in [6, 6.07) is 25.7. The van der Waals surface area contributed by atoms with Gasteiger partial charge in [0.1, 0.15) is 0 Å². The van der Waals surface area contributed by atoms with Gasteiger partial charge in [-0.3, -0.25) is 4.90 Å². The van der Waals surface area contributed by atoms with Gasteiger partial charge in [-0.25, -0.2) is 0 Å². The zero-order chi connectivity index (χ0) is 21.7. The Morgan fingerprint density at radius 1 is 0.903 bits per heavy atom. The van der Waals surface area contributed by atoms with Gasteiger partial charge >= 0.3 is 6.18 Å². The van der Waals surface area contributed by atoms with E-state index in [9.17, 15) is 13.2 Å². The Kier molecular flexibility index (Phi) is 7.00. The lowest BCUT2D eigenvalue weighted by atomic mass is 10.1. The Labute approximate surface area is 185 Å². The highest BCUT2D eigenvalue weighted by atomic mass is 32.2. The molecule has 0 amide bonds. The molecule has 0 bridgehead atoms. The lowest BCUT2D eigenvalue weighted by Crippen LogP contribution is -2.44. The Morgan fingerprint density at radius 2 is 1.55 bits per heavy atom. The van der Waals surface area contributed by atoms with Gasteiger partial charge in [0.25, 0.3) is 0 Å². The molecule has 162 valence electrons. The van der Waals surface area contributed by atoms with Crippen LogP contribution in [0, 0.1) is 0 Å². The van der Waals surface area contributed by atoms with Crippen LogP contribution in [0.15, 0.2) is 89.8 Å². The smallest absolute Gasteiger partial charge is 0.374 e. The van der Waals surface area contributed by atoms with Gasteiger partial charge in [-0.15, -0.1) is 11.8 Å². The molecule has 0 aliphatic carbocycles. The molecule has 0 saturated carbocycles. The van der Waals surface area contributed by atoms with Crippen LogP contribution in [0.2, 0.25) is 0 Å². The Morgan fingerprint density at radius 3 is 2.26 bits per heavy atom. The lowest BCUT2D eigenvalue weighted by Gasteiger charge is -2.37. The molecule has 0 N–H and O–H groups in total. The molecular weight excluding hydrogens is 419 g/mol. The monoisotopic (exact) mass is 443 g/mol. The van der Waals surface area contributed by atoms with Gasteiger partial charge < -0.3 is 4.74 Å². The van der Waals surface area contributed by atoms with Crippen LogP contribution in [0.5, 0.6) is 0 Å². The third kappa shape index (κ3) is 5.70. The minimum Gasteiger partial charge on any atom is -0.374 e. The first-order chi connectivity index (χ1) is 15.0. The standard InChI is InChI=1S/C25H24F3NOS/c26-25(27,28)21-13-7-8-14-23(21)31-24(20-11-5-2-6-12-20)22-18-29(15-16-30-22)17-19-9-3-1-4-10-19/h1-14,22,24H,15-18H2/t22-,24?/m1/s1. The predicted molar refractivity (Wildman–Crippen MR) is 118 cm³/mol. The molecule has 6 heteroatoms. The van der Waals surface area contributed by atoms with Crippen molar-refractivity contribution in [1.82, 2.24) is 4.90 Å². The highest BCUT2D eigenvalue weighted by molar-refractivity contribution is 7.99. The average Bonchev–Trinajstić information content (AvgIpc) is 2.78. The minimum atomic E-state index is -4.39. The van der Waals surface area contributed by atoms with Gasteiger partial charge in [0.05, 0.1) is 23.5 Å². The normalized spacial score (nSPS) is 18.6. The third-order valence-electron chi connectivity index (χ3n) is 5.34. The van der Waals surface area contributed by atoms with E-state index < -0.39 is 11.7 Å². The van der Waals surface area contributed by atoms with Gasteiger partial charge in [0.2, 0.25) is 0 Å². The molecule has 4 rings (SSSR count). The highest BCUT2D eigenvalue weighted by Crippen LogP contribution is 2.45. The Bertz CT molecular complexity index is 965. The molecule has 3 aromatic carbocycles. The lowest BCUT2D eigenvalue weighted by molar-refractivity contribution is -0.139. The number of hydrogen-bond acceptors (Lipinski definition) is 3. The zero-order valence-electron chi connectivity index (χ0n) is 17.0. The number of ether oxygens (including phenoxy) is 1. The van der Waals surface area contributed by atoms with E-state index in [-0.39, 0.29) is 16.2 Å². The fourth-order valence-electron chi connectivity index (χ4n) is 3.84. The average molecular weight is 444 g/mol. The molecular formula is C25H24F3NOS. The van der Waals surface area contributed by atoms with Crippen LogP contribution in [-0.2, 0) is 17.5 Å². The van der Waals surface area contributed by atoms with Gasteiger partial charge in [0.15, 0.2) is 0 Å². The van der Waals surface area contributed by atoms with Crippen LogP contribution in [0.25, 0.3) is 0 Å². The molecule has 31 heavy (non-hydrogen) atoms. The topological polar surface area (TPSA) is 12.5 Å². The van der Waals surface area contributed by atoms with Crippen LogP contribution in [0.3, 0.4) is 0 Å². The van der Waals surface area contributed by atoms with Gasteiger partial charge in [-0.2, -0.15) is 13.2 Å². The molecule has 0 spiro atoms. The Balaban J connectivity index is 1.59. The van der Waals surface area contributed by atoms with E-state index in [2.05, 4.69) is 17.0 Å². The second kappa shape index (κ2) is 9.90.